The van der Waals surface area contributed by atoms with E-state index in [1.54, 1.807) is 16.4 Å². The SMILES string of the molecule is CCCOc1ccc(C2C(C(=O)OC(C)C)=C(C)Nc3nc(SCCC)nn32)cc1OCC. The zero-order chi connectivity index (χ0) is 24.0. The van der Waals surface area contributed by atoms with Gasteiger partial charge in [-0.15, -0.1) is 5.10 Å². The van der Waals surface area contributed by atoms with E-state index in [2.05, 4.69) is 24.1 Å². The molecule has 0 fully saturated rings. The van der Waals surface area contributed by atoms with Crippen molar-refractivity contribution in [3.05, 3.63) is 35.0 Å². The normalized spacial score (nSPS) is 15.3. The molecule has 1 aliphatic heterocycles. The fourth-order valence-corrected chi connectivity index (χ4v) is 4.21. The van der Waals surface area contributed by atoms with E-state index in [0.29, 0.717) is 47.1 Å². The van der Waals surface area contributed by atoms with Crippen LogP contribution in [0, 0.1) is 0 Å². The van der Waals surface area contributed by atoms with Gasteiger partial charge in [0.1, 0.15) is 6.04 Å². The molecule has 2 aromatic rings. The maximum absolute atomic E-state index is 13.2. The van der Waals surface area contributed by atoms with E-state index in [0.717, 1.165) is 24.2 Å². The largest absolute Gasteiger partial charge is 0.490 e. The highest BCUT2D eigenvalue weighted by Gasteiger charge is 2.36. The number of carbonyl (C=O) groups is 1. The number of benzene rings is 1. The number of rotatable bonds is 11. The molecule has 33 heavy (non-hydrogen) atoms. The molecule has 1 N–H and O–H groups in total. The van der Waals surface area contributed by atoms with Gasteiger partial charge in [0.25, 0.3) is 0 Å². The smallest absolute Gasteiger partial charge is 0.338 e. The monoisotopic (exact) mass is 474 g/mol. The Morgan fingerprint density at radius 1 is 1.18 bits per heavy atom. The molecule has 8 nitrogen and oxygen atoms in total. The quantitative estimate of drug-likeness (QED) is 0.351. The Balaban J connectivity index is 2.10. The average Bonchev–Trinajstić information content (AvgIpc) is 3.17. The van der Waals surface area contributed by atoms with Crippen molar-refractivity contribution < 1.29 is 19.0 Å². The van der Waals surface area contributed by atoms with Crippen LogP contribution in [0.4, 0.5) is 5.95 Å². The van der Waals surface area contributed by atoms with Gasteiger partial charge < -0.3 is 19.5 Å². The van der Waals surface area contributed by atoms with E-state index in [4.69, 9.17) is 19.3 Å². The van der Waals surface area contributed by atoms with Crippen molar-refractivity contribution in [3.63, 3.8) is 0 Å². The highest BCUT2D eigenvalue weighted by atomic mass is 32.2. The molecule has 9 heteroatoms. The number of ether oxygens (including phenoxy) is 3. The summed E-state index contributed by atoms with van der Waals surface area (Å²) in [5.74, 6) is 2.45. The fraction of sp³-hybridized carbons (Fsp3) is 0.542. The van der Waals surface area contributed by atoms with E-state index in [-0.39, 0.29) is 12.1 Å². The Kier molecular flexibility index (Phi) is 8.66. The predicted octanol–water partition coefficient (Wildman–Crippen LogP) is 5.21. The first-order valence-electron chi connectivity index (χ1n) is 11.6. The van der Waals surface area contributed by atoms with Gasteiger partial charge in [-0.3, -0.25) is 0 Å². The summed E-state index contributed by atoms with van der Waals surface area (Å²) in [6, 6.07) is 5.26. The number of esters is 1. The van der Waals surface area contributed by atoms with Crippen molar-refractivity contribution in [3.8, 4) is 11.5 Å². The number of anilines is 1. The molecule has 3 rings (SSSR count). The van der Waals surface area contributed by atoms with Crippen LogP contribution in [0.3, 0.4) is 0 Å². The van der Waals surface area contributed by atoms with Crippen molar-refractivity contribution in [2.75, 3.05) is 24.3 Å². The summed E-state index contributed by atoms with van der Waals surface area (Å²) in [6.07, 6.45) is 1.68. The molecular formula is C24H34N4O4S. The lowest BCUT2D eigenvalue weighted by atomic mass is 9.95. The molecular weight excluding hydrogens is 440 g/mol. The second kappa shape index (κ2) is 11.4. The molecule has 0 aliphatic carbocycles. The number of hydrogen-bond donors (Lipinski definition) is 1. The van der Waals surface area contributed by atoms with E-state index >= 15 is 0 Å². The van der Waals surface area contributed by atoms with Gasteiger partial charge in [0.15, 0.2) is 11.5 Å². The summed E-state index contributed by atoms with van der Waals surface area (Å²) < 4.78 is 19.1. The maximum atomic E-state index is 13.2. The number of aromatic nitrogens is 3. The zero-order valence-corrected chi connectivity index (χ0v) is 21.1. The molecule has 0 saturated carbocycles. The summed E-state index contributed by atoms with van der Waals surface area (Å²) in [6.45, 7) is 12.8. The first-order valence-corrected chi connectivity index (χ1v) is 12.6. The minimum atomic E-state index is -0.504. The van der Waals surface area contributed by atoms with Gasteiger partial charge in [-0.25, -0.2) is 9.48 Å². The molecule has 0 radical (unpaired) electrons. The lowest BCUT2D eigenvalue weighted by Gasteiger charge is -2.29. The molecule has 1 atom stereocenters. The average molecular weight is 475 g/mol. The Morgan fingerprint density at radius 3 is 2.64 bits per heavy atom. The van der Waals surface area contributed by atoms with Crippen molar-refractivity contribution in [2.24, 2.45) is 0 Å². The molecule has 180 valence electrons. The summed E-state index contributed by atoms with van der Waals surface area (Å²) in [4.78, 5) is 17.8. The third-order valence-corrected chi connectivity index (χ3v) is 5.92. The van der Waals surface area contributed by atoms with Crippen molar-refractivity contribution in [2.45, 2.75) is 71.7 Å². The molecule has 1 aromatic heterocycles. The third kappa shape index (κ3) is 5.82. The van der Waals surface area contributed by atoms with Crippen LogP contribution in [0.15, 0.2) is 34.6 Å². The minimum absolute atomic E-state index is 0.241. The molecule has 2 heterocycles. The van der Waals surface area contributed by atoms with Gasteiger partial charge in [0.05, 0.1) is 24.9 Å². The van der Waals surface area contributed by atoms with Crippen LogP contribution >= 0.6 is 11.8 Å². The molecule has 0 bridgehead atoms. The second-order valence-electron chi connectivity index (χ2n) is 8.02. The molecule has 1 aromatic carbocycles. The summed E-state index contributed by atoms with van der Waals surface area (Å²) in [5.41, 5.74) is 2.04. The predicted molar refractivity (Wildman–Crippen MR) is 130 cm³/mol. The number of allylic oxidation sites excluding steroid dienone is 1. The van der Waals surface area contributed by atoms with Gasteiger partial charge in [-0.05, 0) is 58.2 Å². The summed E-state index contributed by atoms with van der Waals surface area (Å²) >= 11 is 1.59. The molecule has 1 aliphatic rings. The highest BCUT2D eigenvalue weighted by molar-refractivity contribution is 7.99. The number of nitrogens with zero attached hydrogens (tertiary/aromatic N) is 3. The van der Waals surface area contributed by atoms with Crippen molar-refractivity contribution >= 4 is 23.7 Å². The van der Waals surface area contributed by atoms with Crippen molar-refractivity contribution in [1.29, 1.82) is 0 Å². The fourth-order valence-electron chi connectivity index (χ4n) is 3.53. The summed E-state index contributed by atoms with van der Waals surface area (Å²) in [7, 11) is 0. The molecule has 1 unspecified atom stereocenters. The third-order valence-electron chi connectivity index (χ3n) is 4.88. The minimum Gasteiger partial charge on any atom is -0.490 e. The number of thioether (sulfide) groups is 1. The van der Waals surface area contributed by atoms with Gasteiger partial charge in [-0.1, -0.05) is 31.7 Å². The van der Waals surface area contributed by atoms with Crippen LogP contribution in [0.2, 0.25) is 0 Å². The first-order chi connectivity index (χ1) is 15.9. The van der Waals surface area contributed by atoms with E-state index in [1.807, 2.05) is 45.9 Å². The molecule has 0 saturated heterocycles. The van der Waals surface area contributed by atoms with Crippen LogP contribution in [0.1, 0.15) is 66.0 Å². The van der Waals surface area contributed by atoms with Crippen molar-refractivity contribution in [1.82, 2.24) is 14.8 Å². The standard InChI is InChI=1S/C24H34N4O4S/c1-7-12-31-18-11-10-17(14-19(18)30-9-3)21-20(22(29)32-15(4)5)16(6)25-23-26-24(27-28(21)23)33-13-8-2/h10-11,14-15,21H,7-9,12-13H2,1-6H3,(H,25,26,27). The van der Waals surface area contributed by atoms with Crippen LogP contribution < -0.4 is 14.8 Å². The topological polar surface area (TPSA) is 87.5 Å². The molecule has 0 spiro atoms. The van der Waals surface area contributed by atoms with Gasteiger partial charge >= 0.3 is 5.97 Å². The van der Waals surface area contributed by atoms with Gasteiger partial charge in [-0.2, -0.15) is 4.98 Å². The first kappa shape index (κ1) is 25.0. The van der Waals surface area contributed by atoms with Crippen LogP contribution in [-0.4, -0.2) is 45.8 Å². The van der Waals surface area contributed by atoms with Crippen LogP contribution in [0.5, 0.6) is 11.5 Å². The zero-order valence-electron chi connectivity index (χ0n) is 20.3. The number of hydrogen-bond acceptors (Lipinski definition) is 8. The second-order valence-corrected chi connectivity index (χ2v) is 9.08. The van der Waals surface area contributed by atoms with Gasteiger partial charge in [0.2, 0.25) is 11.1 Å². The van der Waals surface area contributed by atoms with E-state index in [1.165, 1.54) is 0 Å². The highest BCUT2D eigenvalue weighted by Crippen LogP contribution is 2.40. The number of fused-ring (bicyclic) bond motifs is 1. The lowest BCUT2D eigenvalue weighted by Crippen LogP contribution is -2.30. The Bertz CT molecular complexity index is 1000. The van der Waals surface area contributed by atoms with E-state index < -0.39 is 6.04 Å². The van der Waals surface area contributed by atoms with Crippen LogP contribution in [0.25, 0.3) is 0 Å². The summed E-state index contributed by atoms with van der Waals surface area (Å²) in [5, 5.41) is 8.64. The van der Waals surface area contributed by atoms with E-state index in [9.17, 15) is 4.79 Å². The lowest BCUT2D eigenvalue weighted by molar-refractivity contribution is -0.143. The molecule has 0 amide bonds. The Labute approximate surface area is 200 Å². The number of nitrogens with one attached hydrogen (secondary N) is 1. The number of carbonyl (C=O) groups excluding carboxylic acids is 1. The maximum Gasteiger partial charge on any atom is 0.338 e. The van der Waals surface area contributed by atoms with Crippen LogP contribution in [-0.2, 0) is 9.53 Å². The Hall–Kier alpha value is -2.68. The Morgan fingerprint density at radius 2 is 1.97 bits per heavy atom. The van der Waals surface area contributed by atoms with Gasteiger partial charge in [0, 0.05) is 11.4 Å².